The first-order valence-electron chi connectivity index (χ1n) is 11.2. The van der Waals surface area contributed by atoms with Gasteiger partial charge >= 0.3 is 0 Å². The van der Waals surface area contributed by atoms with E-state index in [1.54, 1.807) is 0 Å². The summed E-state index contributed by atoms with van der Waals surface area (Å²) in [4.78, 5) is 2.30. The van der Waals surface area contributed by atoms with Crippen LogP contribution in [0.5, 0.6) is 0 Å². The maximum absolute atomic E-state index is 2.36. The number of nitrogens with zero attached hydrogens (tertiary/aromatic N) is 1. The molecule has 0 aromatic heterocycles. The van der Waals surface area contributed by atoms with Crippen LogP contribution in [0.2, 0.25) is 0 Å². The van der Waals surface area contributed by atoms with Crippen molar-refractivity contribution in [1.29, 1.82) is 0 Å². The number of benzene rings is 4. The van der Waals surface area contributed by atoms with Crippen LogP contribution < -0.4 is 4.90 Å². The molecular formula is C30H31N. The highest BCUT2D eigenvalue weighted by atomic mass is 15.1. The third-order valence-electron chi connectivity index (χ3n) is 5.80. The van der Waals surface area contributed by atoms with E-state index in [0.717, 1.165) is 17.1 Å². The zero-order valence-electron chi connectivity index (χ0n) is 18.9. The van der Waals surface area contributed by atoms with Crippen LogP contribution in [0.15, 0.2) is 103 Å². The van der Waals surface area contributed by atoms with E-state index in [4.69, 9.17) is 0 Å². The third-order valence-corrected chi connectivity index (χ3v) is 5.80. The molecule has 4 aromatic carbocycles. The highest BCUT2D eigenvalue weighted by Crippen LogP contribution is 2.36. The lowest BCUT2D eigenvalue weighted by Crippen LogP contribution is -2.09. The van der Waals surface area contributed by atoms with E-state index >= 15 is 0 Å². The number of hydrogen-bond acceptors (Lipinski definition) is 1. The van der Waals surface area contributed by atoms with Crippen LogP contribution in [-0.2, 0) is 0 Å². The lowest BCUT2D eigenvalue weighted by Gasteiger charge is -2.25. The average molecular weight is 406 g/mol. The van der Waals surface area contributed by atoms with Crippen LogP contribution in [0.1, 0.15) is 50.7 Å². The Morgan fingerprint density at radius 1 is 0.452 bits per heavy atom. The van der Waals surface area contributed by atoms with Crippen molar-refractivity contribution in [2.75, 3.05) is 4.90 Å². The van der Waals surface area contributed by atoms with Crippen molar-refractivity contribution >= 4 is 17.1 Å². The van der Waals surface area contributed by atoms with E-state index in [-0.39, 0.29) is 0 Å². The normalized spacial score (nSPS) is 11.2. The van der Waals surface area contributed by atoms with Gasteiger partial charge in [-0.3, -0.25) is 0 Å². The molecule has 4 aromatic rings. The Balaban J connectivity index is 1.75. The van der Waals surface area contributed by atoms with Gasteiger partial charge in [0.25, 0.3) is 0 Å². The fourth-order valence-corrected chi connectivity index (χ4v) is 3.91. The van der Waals surface area contributed by atoms with Gasteiger partial charge in [-0.15, -0.1) is 0 Å². The molecule has 31 heavy (non-hydrogen) atoms. The SMILES string of the molecule is CC(C)c1cc(-c2ccc(N(c3ccccc3)c3ccccc3)cc2)cc(C(C)C)c1. The fourth-order valence-electron chi connectivity index (χ4n) is 3.91. The molecule has 1 heteroatoms. The summed E-state index contributed by atoms with van der Waals surface area (Å²) in [7, 11) is 0. The van der Waals surface area contributed by atoms with E-state index in [0.29, 0.717) is 11.8 Å². The quantitative estimate of drug-likeness (QED) is 0.309. The monoisotopic (exact) mass is 405 g/mol. The molecule has 0 heterocycles. The molecule has 0 saturated heterocycles. The van der Waals surface area contributed by atoms with Crippen molar-refractivity contribution in [3.63, 3.8) is 0 Å². The van der Waals surface area contributed by atoms with Crippen LogP contribution in [0.25, 0.3) is 11.1 Å². The van der Waals surface area contributed by atoms with Gasteiger partial charge in [0, 0.05) is 17.1 Å². The van der Waals surface area contributed by atoms with Gasteiger partial charge in [0.05, 0.1) is 0 Å². The minimum absolute atomic E-state index is 0.517. The molecule has 156 valence electrons. The predicted molar refractivity (Wildman–Crippen MR) is 135 cm³/mol. The van der Waals surface area contributed by atoms with Gasteiger partial charge in [-0.05, 0) is 70.5 Å². The lowest BCUT2D eigenvalue weighted by atomic mass is 9.91. The Kier molecular flexibility index (Phi) is 6.23. The van der Waals surface area contributed by atoms with Crippen molar-refractivity contribution in [1.82, 2.24) is 0 Å². The Bertz CT molecular complexity index is 1040. The maximum Gasteiger partial charge on any atom is 0.0462 e. The first-order valence-corrected chi connectivity index (χ1v) is 11.2. The molecule has 0 saturated carbocycles. The molecule has 0 aliphatic carbocycles. The zero-order chi connectivity index (χ0) is 21.8. The maximum atomic E-state index is 2.36. The van der Waals surface area contributed by atoms with Gasteiger partial charge in [0.1, 0.15) is 0 Å². The van der Waals surface area contributed by atoms with E-state index in [1.807, 2.05) is 0 Å². The van der Waals surface area contributed by atoms with Crippen LogP contribution in [0.4, 0.5) is 17.1 Å². The third kappa shape index (κ3) is 4.72. The summed E-state index contributed by atoms with van der Waals surface area (Å²) in [6.45, 7) is 9.07. The average Bonchev–Trinajstić information content (AvgIpc) is 2.81. The topological polar surface area (TPSA) is 3.24 Å². The largest absolute Gasteiger partial charge is 0.311 e. The van der Waals surface area contributed by atoms with E-state index in [1.165, 1.54) is 22.3 Å². The molecule has 0 N–H and O–H groups in total. The highest BCUT2D eigenvalue weighted by molar-refractivity contribution is 5.78. The summed E-state index contributed by atoms with van der Waals surface area (Å²) < 4.78 is 0. The van der Waals surface area contributed by atoms with Crippen LogP contribution in [-0.4, -0.2) is 0 Å². The Morgan fingerprint density at radius 2 is 0.871 bits per heavy atom. The molecule has 0 aliphatic rings. The van der Waals surface area contributed by atoms with Crippen molar-refractivity contribution in [3.8, 4) is 11.1 Å². The summed E-state index contributed by atoms with van der Waals surface area (Å²) in [5.41, 5.74) is 8.84. The van der Waals surface area contributed by atoms with Gasteiger partial charge < -0.3 is 4.90 Å². The van der Waals surface area contributed by atoms with Crippen LogP contribution in [0, 0.1) is 0 Å². The minimum atomic E-state index is 0.517. The highest BCUT2D eigenvalue weighted by Gasteiger charge is 2.13. The summed E-state index contributed by atoms with van der Waals surface area (Å²) >= 11 is 0. The summed E-state index contributed by atoms with van der Waals surface area (Å²) in [6, 6.07) is 37.1. The zero-order valence-corrected chi connectivity index (χ0v) is 18.9. The number of hydrogen-bond donors (Lipinski definition) is 0. The van der Waals surface area contributed by atoms with Crippen LogP contribution in [0.3, 0.4) is 0 Å². The minimum Gasteiger partial charge on any atom is -0.311 e. The molecule has 0 amide bonds. The second kappa shape index (κ2) is 9.22. The molecule has 0 atom stereocenters. The van der Waals surface area contributed by atoms with Crippen molar-refractivity contribution in [2.45, 2.75) is 39.5 Å². The summed E-state index contributed by atoms with van der Waals surface area (Å²) in [5.74, 6) is 1.03. The molecule has 0 bridgehead atoms. The molecule has 0 unspecified atom stereocenters. The van der Waals surface area contributed by atoms with Gasteiger partial charge in [-0.2, -0.15) is 0 Å². The Morgan fingerprint density at radius 3 is 1.29 bits per heavy atom. The number of rotatable bonds is 6. The molecule has 0 radical (unpaired) electrons. The fraction of sp³-hybridized carbons (Fsp3) is 0.200. The molecular weight excluding hydrogens is 374 g/mol. The second-order valence-corrected chi connectivity index (χ2v) is 8.75. The van der Waals surface area contributed by atoms with Gasteiger partial charge in [0.2, 0.25) is 0 Å². The Hall–Kier alpha value is -3.32. The molecule has 0 spiro atoms. The van der Waals surface area contributed by atoms with Gasteiger partial charge in [0.15, 0.2) is 0 Å². The van der Waals surface area contributed by atoms with Crippen LogP contribution >= 0.6 is 0 Å². The van der Waals surface area contributed by atoms with E-state index in [9.17, 15) is 0 Å². The second-order valence-electron chi connectivity index (χ2n) is 8.75. The summed E-state index contributed by atoms with van der Waals surface area (Å²) in [6.07, 6.45) is 0. The van der Waals surface area contributed by atoms with Crippen molar-refractivity contribution in [3.05, 3.63) is 114 Å². The standard InChI is InChI=1S/C30H31N/c1-22(2)25-19-26(23(3)4)21-27(20-25)24-15-17-30(18-16-24)31(28-11-7-5-8-12-28)29-13-9-6-10-14-29/h5-23H,1-4H3. The molecule has 1 nitrogen and oxygen atoms in total. The van der Waals surface area contributed by atoms with Crippen molar-refractivity contribution in [2.24, 2.45) is 0 Å². The first kappa shape index (κ1) is 20.9. The Labute approximate surface area is 187 Å². The van der Waals surface area contributed by atoms with Gasteiger partial charge in [-0.25, -0.2) is 0 Å². The first-order chi connectivity index (χ1) is 15.0. The lowest BCUT2D eigenvalue weighted by molar-refractivity contribution is 0.834. The summed E-state index contributed by atoms with van der Waals surface area (Å²) in [5, 5.41) is 0. The number of anilines is 3. The van der Waals surface area contributed by atoms with Gasteiger partial charge in [-0.1, -0.05) is 94.4 Å². The molecule has 0 aliphatic heterocycles. The van der Waals surface area contributed by atoms with E-state index in [2.05, 4.69) is 136 Å². The molecule has 0 fully saturated rings. The molecule has 4 rings (SSSR count). The van der Waals surface area contributed by atoms with E-state index < -0.39 is 0 Å². The number of para-hydroxylation sites is 2. The predicted octanol–water partition coefficient (Wildman–Crippen LogP) is 9.07. The smallest absolute Gasteiger partial charge is 0.0462 e. The van der Waals surface area contributed by atoms with Crippen molar-refractivity contribution < 1.29 is 0 Å².